The van der Waals surface area contributed by atoms with Crippen LogP contribution >= 0.6 is 23.2 Å². The van der Waals surface area contributed by atoms with Gasteiger partial charge in [-0.1, -0.05) is 23.2 Å². The fourth-order valence-electron chi connectivity index (χ4n) is 1.81. The summed E-state index contributed by atoms with van der Waals surface area (Å²) in [7, 11) is 0.306. The van der Waals surface area contributed by atoms with Crippen LogP contribution < -0.4 is 10.5 Å². The molecule has 0 bridgehead atoms. The van der Waals surface area contributed by atoms with Crippen LogP contribution in [0, 0.1) is 0 Å². The number of nitrogens with one attached hydrogen (secondary N) is 1. The number of sulfonamides is 1. The summed E-state index contributed by atoms with van der Waals surface area (Å²) in [5.74, 6) is 0. The van der Waals surface area contributed by atoms with Crippen LogP contribution in [0.3, 0.4) is 0 Å². The monoisotopic (exact) mass is 353 g/mol. The smallest absolute Gasteiger partial charge is 0.242 e. The summed E-state index contributed by atoms with van der Waals surface area (Å²) < 4.78 is 27.0. The lowest BCUT2D eigenvalue weighted by Crippen LogP contribution is -2.26. The first-order valence-electron chi connectivity index (χ1n) is 6.61. The Kier molecular flexibility index (Phi) is 7.39. The predicted octanol–water partition coefficient (Wildman–Crippen LogP) is 2.07. The van der Waals surface area contributed by atoms with Crippen molar-refractivity contribution in [3.05, 3.63) is 27.7 Å². The molecule has 3 N–H and O–H groups in total. The topological polar surface area (TPSA) is 75.4 Å². The third kappa shape index (κ3) is 5.39. The molecular formula is C13H21Cl2N3O2S. The minimum Gasteiger partial charge on any atom is -0.326 e. The van der Waals surface area contributed by atoms with Crippen molar-refractivity contribution in [2.45, 2.75) is 24.3 Å². The molecule has 1 aromatic rings. The molecule has 21 heavy (non-hydrogen) atoms. The molecule has 5 nitrogen and oxygen atoms in total. The van der Waals surface area contributed by atoms with Crippen LogP contribution in [0.1, 0.15) is 18.4 Å². The molecule has 1 rings (SSSR count). The molecule has 120 valence electrons. The molecule has 0 atom stereocenters. The van der Waals surface area contributed by atoms with Crippen LogP contribution in [-0.2, 0) is 16.6 Å². The second-order valence-corrected chi connectivity index (χ2v) is 7.47. The van der Waals surface area contributed by atoms with Crippen LogP contribution in [0.25, 0.3) is 0 Å². The Labute approximate surface area is 136 Å². The Morgan fingerprint density at radius 1 is 1.24 bits per heavy atom. The van der Waals surface area contributed by atoms with Crippen molar-refractivity contribution >= 4 is 33.2 Å². The Bertz CT molecular complexity index is 577. The lowest BCUT2D eigenvalue weighted by atomic mass is 10.2. The van der Waals surface area contributed by atoms with Gasteiger partial charge in [0.2, 0.25) is 10.0 Å². The summed E-state index contributed by atoms with van der Waals surface area (Å²) in [5.41, 5.74) is 5.98. The average molecular weight is 354 g/mol. The maximum Gasteiger partial charge on any atom is 0.242 e. The summed E-state index contributed by atoms with van der Waals surface area (Å²) in [5, 5.41) is 0.457. The van der Waals surface area contributed by atoms with Gasteiger partial charge in [-0.05, 0) is 45.6 Å². The second-order valence-electron chi connectivity index (χ2n) is 4.95. The molecule has 0 saturated heterocycles. The van der Waals surface area contributed by atoms with Gasteiger partial charge in [-0.25, -0.2) is 13.1 Å². The van der Waals surface area contributed by atoms with Gasteiger partial charge in [-0.2, -0.15) is 0 Å². The predicted molar refractivity (Wildman–Crippen MR) is 87.3 cm³/mol. The zero-order valence-corrected chi connectivity index (χ0v) is 14.5. The zero-order valence-electron chi connectivity index (χ0n) is 12.2. The number of hydrogen-bond acceptors (Lipinski definition) is 4. The van der Waals surface area contributed by atoms with Crippen molar-refractivity contribution in [3.8, 4) is 0 Å². The quantitative estimate of drug-likeness (QED) is 0.701. The number of hydrogen-bond donors (Lipinski definition) is 2. The minimum atomic E-state index is -3.65. The maximum absolute atomic E-state index is 12.2. The van der Waals surface area contributed by atoms with Gasteiger partial charge in [0.15, 0.2) is 0 Å². The normalized spacial score (nSPS) is 12.1. The van der Waals surface area contributed by atoms with Crippen LogP contribution in [0.4, 0.5) is 0 Å². The Hall–Kier alpha value is -0.370. The highest BCUT2D eigenvalue weighted by Crippen LogP contribution is 2.30. The van der Waals surface area contributed by atoms with Crippen LogP contribution in [0.15, 0.2) is 17.0 Å². The van der Waals surface area contributed by atoms with Crippen molar-refractivity contribution in [1.82, 2.24) is 9.62 Å². The summed E-state index contributed by atoms with van der Waals surface area (Å²) in [4.78, 5) is 2.07. The summed E-state index contributed by atoms with van der Waals surface area (Å²) in [6.07, 6.45) is 1.67. The highest BCUT2D eigenvalue weighted by atomic mass is 35.5. The lowest BCUT2D eigenvalue weighted by Gasteiger charge is -2.12. The highest BCUT2D eigenvalue weighted by Gasteiger charge is 2.20. The van der Waals surface area contributed by atoms with Crippen LogP contribution in [0.5, 0.6) is 0 Å². The first-order chi connectivity index (χ1) is 9.79. The van der Waals surface area contributed by atoms with Crippen molar-refractivity contribution < 1.29 is 8.42 Å². The van der Waals surface area contributed by atoms with Gasteiger partial charge < -0.3 is 10.6 Å². The van der Waals surface area contributed by atoms with Crippen molar-refractivity contribution in [2.75, 3.05) is 27.2 Å². The molecule has 0 heterocycles. The van der Waals surface area contributed by atoms with Gasteiger partial charge >= 0.3 is 0 Å². The second kappa shape index (κ2) is 8.31. The van der Waals surface area contributed by atoms with E-state index in [0.717, 1.165) is 19.4 Å². The van der Waals surface area contributed by atoms with Gasteiger partial charge in [0, 0.05) is 23.7 Å². The molecule has 0 radical (unpaired) electrons. The maximum atomic E-state index is 12.2. The molecule has 0 aromatic heterocycles. The number of unbranched alkanes of at least 4 members (excludes halogenated alkanes) is 1. The molecule has 1 aromatic carbocycles. The number of nitrogens with two attached hydrogens (primary N) is 1. The Morgan fingerprint density at radius 2 is 1.90 bits per heavy atom. The zero-order chi connectivity index (χ0) is 16.0. The SMILES string of the molecule is CN(C)CCCCNS(=O)(=O)c1ccc(Cl)c(CN)c1Cl. The summed E-state index contributed by atoms with van der Waals surface area (Å²) in [6.45, 7) is 1.37. The summed E-state index contributed by atoms with van der Waals surface area (Å²) >= 11 is 12.0. The van der Waals surface area contributed by atoms with Crippen LogP contribution in [0.2, 0.25) is 10.0 Å². The van der Waals surface area contributed by atoms with E-state index >= 15 is 0 Å². The number of halogens is 2. The molecule has 0 saturated carbocycles. The number of nitrogens with zero attached hydrogens (tertiary/aromatic N) is 1. The first kappa shape index (κ1) is 18.7. The van der Waals surface area contributed by atoms with Crippen molar-refractivity contribution in [3.63, 3.8) is 0 Å². The highest BCUT2D eigenvalue weighted by molar-refractivity contribution is 7.89. The molecule has 0 unspecified atom stereocenters. The van der Waals surface area contributed by atoms with E-state index in [1.807, 2.05) is 14.1 Å². The summed E-state index contributed by atoms with van der Waals surface area (Å²) in [6, 6.07) is 2.89. The lowest BCUT2D eigenvalue weighted by molar-refractivity contribution is 0.394. The first-order valence-corrected chi connectivity index (χ1v) is 8.85. The van der Waals surface area contributed by atoms with E-state index in [2.05, 4.69) is 9.62 Å². The third-order valence-electron chi connectivity index (χ3n) is 2.97. The fourth-order valence-corrected chi connectivity index (χ4v) is 3.81. The Morgan fingerprint density at radius 3 is 2.48 bits per heavy atom. The van der Waals surface area contributed by atoms with Gasteiger partial charge in [-0.3, -0.25) is 0 Å². The third-order valence-corrected chi connectivity index (χ3v) is 5.37. The van der Waals surface area contributed by atoms with Gasteiger partial charge in [-0.15, -0.1) is 0 Å². The molecule has 0 amide bonds. The molecule has 0 fully saturated rings. The van der Waals surface area contributed by atoms with Crippen LogP contribution in [-0.4, -0.2) is 40.5 Å². The number of rotatable bonds is 8. The van der Waals surface area contributed by atoms with Gasteiger partial charge in [0.25, 0.3) is 0 Å². The van der Waals surface area contributed by atoms with Gasteiger partial charge in [0.1, 0.15) is 4.90 Å². The van der Waals surface area contributed by atoms with Crippen molar-refractivity contribution in [2.24, 2.45) is 5.73 Å². The van der Waals surface area contributed by atoms with E-state index in [-0.39, 0.29) is 16.5 Å². The van der Waals surface area contributed by atoms with Crippen molar-refractivity contribution in [1.29, 1.82) is 0 Å². The average Bonchev–Trinajstić information content (AvgIpc) is 2.38. The molecule has 0 aliphatic heterocycles. The molecule has 8 heteroatoms. The Balaban J connectivity index is 2.75. The van der Waals surface area contributed by atoms with E-state index in [4.69, 9.17) is 28.9 Å². The minimum absolute atomic E-state index is 0.0154. The largest absolute Gasteiger partial charge is 0.326 e. The molecule has 0 spiro atoms. The van der Waals surface area contributed by atoms with E-state index in [1.165, 1.54) is 12.1 Å². The molecule has 0 aliphatic carbocycles. The fraction of sp³-hybridized carbons (Fsp3) is 0.538. The van der Waals surface area contributed by atoms with E-state index in [0.29, 0.717) is 17.1 Å². The number of benzene rings is 1. The molecular weight excluding hydrogens is 333 g/mol. The van der Waals surface area contributed by atoms with E-state index in [1.54, 1.807) is 0 Å². The molecule has 0 aliphatic rings. The van der Waals surface area contributed by atoms with E-state index in [9.17, 15) is 8.42 Å². The van der Waals surface area contributed by atoms with E-state index < -0.39 is 10.0 Å². The standard InChI is InChI=1S/C13H21Cl2N3O2S/c1-18(2)8-4-3-7-17-21(19,20)12-6-5-11(14)10(9-16)13(12)15/h5-6,17H,3-4,7-9,16H2,1-2H3. The van der Waals surface area contributed by atoms with Gasteiger partial charge in [0.05, 0.1) is 5.02 Å².